The van der Waals surface area contributed by atoms with E-state index in [0.717, 1.165) is 11.1 Å². The first-order chi connectivity index (χ1) is 8.97. The second-order valence-corrected chi connectivity index (χ2v) is 3.60. The summed E-state index contributed by atoms with van der Waals surface area (Å²) in [7, 11) is 0. The normalized spacial score (nSPS) is 14.9. The van der Waals surface area contributed by atoms with Crippen molar-refractivity contribution < 1.29 is 4.74 Å². The number of fused-ring (bicyclic) bond motifs is 1. The van der Waals surface area contributed by atoms with Crippen molar-refractivity contribution in [2.45, 2.75) is 6.61 Å². The van der Waals surface area contributed by atoms with Gasteiger partial charge in [0.05, 0.1) is 6.20 Å². The Balaban J connectivity index is 2.23. The average molecular weight is 238 g/mol. The molecule has 0 amide bonds. The summed E-state index contributed by atoms with van der Waals surface area (Å²) in [4.78, 5) is 8.25. The van der Waals surface area contributed by atoms with Crippen molar-refractivity contribution in [3.63, 3.8) is 0 Å². The fourth-order valence-electron chi connectivity index (χ4n) is 1.44. The van der Waals surface area contributed by atoms with Gasteiger partial charge in [0.1, 0.15) is 12.9 Å². The van der Waals surface area contributed by atoms with Crippen LogP contribution in [-0.2, 0) is 11.3 Å². The molecule has 1 aliphatic rings. The lowest BCUT2D eigenvalue weighted by Crippen LogP contribution is -1.93. The van der Waals surface area contributed by atoms with Crippen LogP contribution in [-0.4, -0.2) is 12.4 Å². The Kier molecular flexibility index (Phi) is 4.69. The largest absolute Gasteiger partial charge is 0.495 e. The van der Waals surface area contributed by atoms with Crippen molar-refractivity contribution in [3.8, 4) is 0 Å². The third-order valence-electron chi connectivity index (χ3n) is 2.32. The number of nitrogens with zero attached hydrogens (tertiary/aromatic N) is 2. The van der Waals surface area contributed by atoms with Gasteiger partial charge in [0.2, 0.25) is 0 Å². The molecule has 0 spiro atoms. The number of rotatable bonds is 0. The van der Waals surface area contributed by atoms with E-state index in [1.807, 2.05) is 48.7 Å². The van der Waals surface area contributed by atoms with Crippen molar-refractivity contribution in [2.75, 3.05) is 0 Å². The number of benzene rings is 1. The summed E-state index contributed by atoms with van der Waals surface area (Å²) in [6, 6.07) is 8.00. The van der Waals surface area contributed by atoms with Crippen molar-refractivity contribution in [3.05, 3.63) is 72.3 Å². The van der Waals surface area contributed by atoms with Crippen molar-refractivity contribution >= 4 is 12.4 Å². The SMILES string of the molecule is C1=CC=NC=COCc2ccccc2C=NC=C1. The van der Waals surface area contributed by atoms with Gasteiger partial charge in [-0.1, -0.05) is 30.3 Å². The van der Waals surface area contributed by atoms with Crippen LogP contribution in [0.4, 0.5) is 0 Å². The Morgan fingerprint density at radius 1 is 0.944 bits per heavy atom. The van der Waals surface area contributed by atoms with Gasteiger partial charge in [-0.25, -0.2) is 0 Å². The lowest BCUT2D eigenvalue weighted by atomic mass is 10.1. The molecule has 1 aromatic carbocycles. The van der Waals surface area contributed by atoms with E-state index in [4.69, 9.17) is 4.74 Å². The van der Waals surface area contributed by atoms with Gasteiger partial charge in [-0.05, 0) is 23.3 Å². The van der Waals surface area contributed by atoms with Gasteiger partial charge in [-0.2, -0.15) is 0 Å². The highest BCUT2D eigenvalue weighted by Crippen LogP contribution is 2.08. The van der Waals surface area contributed by atoms with E-state index < -0.39 is 0 Å². The van der Waals surface area contributed by atoms with Gasteiger partial charge in [0, 0.05) is 18.6 Å². The van der Waals surface area contributed by atoms with Gasteiger partial charge in [-0.15, -0.1) is 0 Å². The lowest BCUT2D eigenvalue weighted by molar-refractivity contribution is 0.235. The molecule has 0 bridgehead atoms. The minimum absolute atomic E-state index is 0.508. The van der Waals surface area contributed by atoms with Crippen LogP contribution >= 0.6 is 0 Å². The standard InChI is InChI=1S/C15H14N2O/c1-4-8-16-10-11-18-13-15-7-3-2-6-14(15)12-17-9-5-1/h1-12H,13H2. The Hall–Kier alpha value is -2.42. The summed E-state index contributed by atoms with van der Waals surface area (Å²) in [6.45, 7) is 0.508. The number of ether oxygens (including phenoxy) is 1. The zero-order chi connectivity index (χ0) is 12.5. The molecule has 0 atom stereocenters. The molecule has 3 nitrogen and oxygen atoms in total. The van der Waals surface area contributed by atoms with E-state index in [2.05, 4.69) is 9.98 Å². The van der Waals surface area contributed by atoms with E-state index in [-0.39, 0.29) is 0 Å². The van der Waals surface area contributed by atoms with E-state index in [0.29, 0.717) is 6.61 Å². The van der Waals surface area contributed by atoms with Crippen LogP contribution in [0.15, 0.2) is 71.1 Å². The van der Waals surface area contributed by atoms with Crippen LogP contribution in [0.5, 0.6) is 0 Å². The molecule has 1 heterocycles. The first kappa shape index (κ1) is 12.0. The van der Waals surface area contributed by atoms with Gasteiger partial charge < -0.3 is 4.74 Å². The second-order valence-electron chi connectivity index (χ2n) is 3.60. The average Bonchev–Trinajstić information content (AvgIpc) is 2.41. The zero-order valence-corrected chi connectivity index (χ0v) is 9.94. The molecule has 0 saturated heterocycles. The smallest absolute Gasteiger partial charge is 0.113 e. The van der Waals surface area contributed by atoms with E-state index in [1.54, 1.807) is 24.9 Å². The highest BCUT2D eigenvalue weighted by Gasteiger charge is 1.97. The minimum atomic E-state index is 0.508. The molecular weight excluding hydrogens is 224 g/mol. The molecule has 1 aromatic rings. The molecule has 1 aliphatic heterocycles. The molecule has 18 heavy (non-hydrogen) atoms. The summed E-state index contributed by atoms with van der Waals surface area (Å²) in [5, 5.41) is 0. The van der Waals surface area contributed by atoms with Crippen LogP contribution in [0.1, 0.15) is 11.1 Å². The predicted molar refractivity (Wildman–Crippen MR) is 74.7 cm³/mol. The Bertz CT molecular complexity index is 525. The molecule has 3 heteroatoms. The third kappa shape index (κ3) is 3.87. The third-order valence-corrected chi connectivity index (χ3v) is 2.32. The van der Waals surface area contributed by atoms with Crippen molar-refractivity contribution in [1.82, 2.24) is 0 Å². The number of allylic oxidation sites excluding steroid dienone is 3. The zero-order valence-electron chi connectivity index (χ0n) is 9.94. The fraction of sp³-hybridized carbons (Fsp3) is 0.0667. The molecule has 2 rings (SSSR count). The van der Waals surface area contributed by atoms with E-state index >= 15 is 0 Å². The minimum Gasteiger partial charge on any atom is -0.495 e. The molecule has 0 unspecified atom stereocenters. The highest BCUT2D eigenvalue weighted by atomic mass is 16.5. The molecule has 0 fully saturated rings. The van der Waals surface area contributed by atoms with E-state index in [9.17, 15) is 0 Å². The number of aliphatic imine (C=N–C) groups is 2. The van der Waals surface area contributed by atoms with Crippen LogP contribution in [0.3, 0.4) is 0 Å². The monoisotopic (exact) mass is 238 g/mol. The fourth-order valence-corrected chi connectivity index (χ4v) is 1.44. The summed E-state index contributed by atoms with van der Waals surface area (Å²) in [5.74, 6) is 0. The summed E-state index contributed by atoms with van der Waals surface area (Å²) < 4.78 is 5.41. The topological polar surface area (TPSA) is 34.0 Å². The van der Waals surface area contributed by atoms with Crippen LogP contribution in [0.2, 0.25) is 0 Å². The molecule has 0 radical (unpaired) electrons. The van der Waals surface area contributed by atoms with Crippen molar-refractivity contribution in [1.29, 1.82) is 0 Å². The first-order valence-electron chi connectivity index (χ1n) is 5.69. The van der Waals surface area contributed by atoms with E-state index in [1.165, 1.54) is 0 Å². The molecule has 0 aromatic heterocycles. The number of hydrogen-bond donors (Lipinski definition) is 0. The van der Waals surface area contributed by atoms with Crippen molar-refractivity contribution in [2.24, 2.45) is 9.98 Å². The Morgan fingerprint density at radius 2 is 1.89 bits per heavy atom. The summed E-state index contributed by atoms with van der Waals surface area (Å²) >= 11 is 0. The lowest BCUT2D eigenvalue weighted by Gasteiger charge is -2.04. The second kappa shape index (κ2) is 7.01. The van der Waals surface area contributed by atoms with Gasteiger partial charge in [-0.3, -0.25) is 9.98 Å². The molecule has 0 saturated carbocycles. The van der Waals surface area contributed by atoms with Gasteiger partial charge >= 0.3 is 0 Å². The van der Waals surface area contributed by atoms with Crippen LogP contribution in [0.25, 0.3) is 0 Å². The maximum absolute atomic E-state index is 5.41. The molecule has 0 N–H and O–H groups in total. The van der Waals surface area contributed by atoms with Crippen LogP contribution in [0, 0.1) is 0 Å². The predicted octanol–water partition coefficient (Wildman–Crippen LogP) is 3.25. The molecular formula is C15H14N2O. The molecule has 0 aliphatic carbocycles. The summed E-state index contributed by atoms with van der Waals surface area (Å²) in [5.41, 5.74) is 2.15. The maximum Gasteiger partial charge on any atom is 0.113 e. The summed E-state index contributed by atoms with van der Waals surface area (Å²) in [6.07, 6.45) is 14.0. The Morgan fingerprint density at radius 3 is 2.89 bits per heavy atom. The highest BCUT2D eigenvalue weighted by molar-refractivity contribution is 5.82. The first-order valence-corrected chi connectivity index (χ1v) is 5.69. The molecule has 90 valence electrons. The van der Waals surface area contributed by atoms with Crippen LogP contribution < -0.4 is 0 Å². The maximum atomic E-state index is 5.41. The van der Waals surface area contributed by atoms with Gasteiger partial charge in [0.25, 0.3) is 0 Å². The van der Waals surface area contributed by atoms with Gasteiger partial charge in [0.15, 0.2) is 0 Å². The Labute approximate surface area is 107 Å². The number of hydrogen-bond acceptors (Lipinski definition) is 3. The quantitative estimate of drug-likeness (QED) is 0.683.